The van der Waals surface area contributed by atoms with E-state index in [1.165, 1.54) is 21.7 Å². The molecule has 0 rings (SSSR count). The van der Waals surface area contributed by atoms with Gasteiger partial charge in [0.05, 0.1) is 57.9 Å². The van der Waals surface area contributed by atoms with Crippen molar-refractivity contribution in [3.63, 3.8) is 0 Å². The van der Waals surface area contributed by atoms with Gasteiger partial charge in [0, 0.05) is 46.1 Å². The molecule has 0 aliphatic heterocycles. The van der Waals surface area contributed by atoms with Gasteiger partial charge < -0.3 is 48.5 Å². The van der Waals surface area contributed by atoms with E-state index in [0.29, 0.717) is 0 Å². The number of carbonyl (C=O) groups is 11. The average molecular weight is 760 g/mol. The van der Waals surface area contributed by atoms with Crippen LogP contribution in [0.5, 0.6) is 0 Å². The number of nitrogens with zero attached hydrogens (tertiary/aromatic N) is 3. The van der Waals surface area contributed by atoms with Crippen molar-refractivity contribution in [2.75, 3.05) is 66.0 Å². The van der Waals surface area contributed by atoms with Gasteiger partial charge in [0.15, 0.2) is 0 Å². The molecule has 0 saturated heterocycles. The minimum atomic E-state index is -1.58. The summed E-state index contributed by atoms with van der Waals surface area (Å²) >= 11 is 0. The summed E-state index contributed by atoms with van der Waals surface area (Å²) in [5, 5.41) is 34.0. The largest absolute Gasteiger partial charge is 0.481 e. The number of primary amides is 3. The van der Waals surface area contributed by atoms with Crippen LogP contribution in [0.1, 0.15) is 39.0 Å². The van der Waals surface area contributed by atoms with Crippen molar-refractivity contribution < 1.29 is 68.1 Å². The van der Waals surface area contributed by atoms with Gasteiger partial charge in [0.2, 0.25) is 35.4 Å². The minimum absolute atomic E-state index is 0.0663. The van der Waals surface area contributed by atoms with Crippen molar-refractivity contribution in [1.29, 1.82) is 0 Å². The van der Waals surface area contributed by atoms with Gasteiger partial charge in [-0.15, -0.1) is 0 Å². The number of hydrogen-bond acceptors (Lipinski definition) is 14. The molecule has 0 saturated carbocycles. The van der Waals surface area contributed by atoms with Gasteiger partial charge in [-0.25, -0.2) is 0 Å². The van der Waals surface area contributed by atoms with Crippen molar-refractivity contribution in [2.24, 2.45) is 23.1 Å². The molecule has 3 atom stereocenters. The third kappa shape index (κ3) is 22.1. The Morgan fingerprint density at radius 3 is 1.25 bits per heavy atom. The Labute approximate surface area is 303 Å². The van der Waals surface area contributed by atoms with Crippen molar-refractivity contribution in [2.45, 2.75) is 51.1 Å². The van der Waals surface area contributed by atoms with Crippen LogP contribution < -0.4 is 33.2 Å². The van der Waals surface area contributed by atoms with Gasteiger partial charge in [-0.05, 0) is 0 Å². The maximum absolute atomic E-state index is 13.0. The molecular formula is C30H49N9O14. The van der Waals surface area contributed by atoms with Gasteiger partial charge >= 0.3 is 17.9 Å². The first-order valence-corrected chi connectivity index (χ1v) is 16.2. The maximum atomic E-state index is 13.0. The molecule has 0 spiro atoms. The van der Waals surface area contributed by atoms with E-state index in [4.69, 9.17) is 32.5 Å². The first-order chi connectivity index (χ1) is 24.7. The Kier molecular flexibility index (Phi) is 22.0. The van der Waals surface area contributed by atoms with Crippen LogP contribution >= 0.6 is 0 Å². The van der Waals surface area contributed by atoms with E-state index < -0.39 is 122 Å². The monoisotopic (exact) mass is 759 g/mol. The third-order valence-electron chi connectivity index (χ3n) is 7.45. The second-order valence-electron chi connectivity index (χ2n) is 11.9. The molecule has 23 heteroatoms. The second-order valence-corrected chi connectivity index (χ2v) is 11.9. The number of carbonyl (C=O) groups excluding carboxylic acids is 8. The molecule has 0 aromatic heterocycles. The molecule has 53 heavy (non-hydrogen) atoms. The smallest absolute Gasteiger partial charge is 0.305 e. The highest BCUT2D eigenvalue weighted by molar-refractivity contribution is 5.92. The van der Waals surface area contributed by atoms with Crippen molar-refractivity contribution >= 4 is 64.9 Å². The summed E-state index contributed by atoms with van der Waals surface area (Å²) < 4.78 is 0. The van der Waals surface area contributed by atoms with Crippen LogP contribution in [-0.2, 0) is 52.7 Å². The van der Waals surface area contributed by atoms with Crippen LogP contribution in [0.25, 0.3) is 0 Å². The Hall–Kier alpha value is -5.55. The lowest BCUT2D eigenvalue weighted by Gasteiger charge is -2.29. The van der Waals surface area contributed by atoms with Gasteiger partial charge in [-0.2, -0.15) is 0 Å². The van der Waals surface area contributed by atoms with Crippen molar-refractivity contribution in [3.05, 3.63) is 0 Å². The molecule has 23 nitrogen and oxygen atoms in total. The first kappa shape index (κ1) is 47.5. The van der Waals surface area contributed by atoms with Crippen LogP contribution in [0.4, 0.5) is 0 Å². The summed E-state index contributed by atoms with van der Waals surface area (Å²) in [6.07, 6.45) is -2.80. The highest BCUT2D eigenvalue weighted by Gasteiger charge is 2.27. The third-order valence-corrected chi connectivity index (χ3v) is 7.45. The zero-order chi connectivity index (χ0) is 40.8. The second kappa shape index (κ2) is 24.6. The molecule has 0 radical (unpaired) electrons. The number of amides is 6. The molecule has 0 aliphatic rings. The molecule has 0 bridgehead atoms. The topological polar surface area (TPSA) is 372 Å². The number of nitrogens with one attached hydrogen (secondary N) is 3. The Morgan fingerprint density at radius 2 is 0.887 bits per heavy atom. The van der Waals surface area contributed by atoms with Gasteiger partial charge in [-0.1, -0.05) is 6.92 Å². The van der Waals surface area contributed by atoms with E-state index in [-0.39, 0.29) is 51.5 Å². The molecule has 3 unspecified atom stereocenters. The number of carboxylic acids is 3. The van der Waals surface area contributed by atoms with Gasteiger partial charge in [-0.3, -0.25) is 67.4 Å². The molecule has 0 heterocycles. The highest BCUT2D eigenvalue weighted by atomic mass is 16.4. The van der Waals surface area contributed by atoms with Crippen molar-refractivity contribution in [1.82, 2.24) is 30.7 Å². The SMILES string of the molecule is CCC(=O)CN(CCN(CCN(CC(=O)CC(CC(=O)O)C(N)=O)CC(=O)NC)CC(=O)NC(CC(=O)O)C(N)=O)CC(=O)NC(CC(=O)O)C(N)=O. The lowest BCUT2D eigenvalue weighted by atomic mass is 9.98. The van der Waals surface area contributed by atoms with Gasteiger partial charge in [0.25, 0.3) is 0 Å². The molecule has 0 aromatic carbocycles. The van der Waals surface area contributed by atoms with Gasteiger partial charge in [0.1, 0.15) is 23.7 Å². The quantitative estimate of drug-likeness (QED) is 0.0329. The Balaban J connectivity index is 6.26. The fourth-order valence-corrected chi connectivity index (χ4v) is 4.66. The summed E-state index contributed by atoms with van der Waals surface area (Å²) in [5.41, 5.74) is 15.7. The summed E-state index contributed by atoms with van der Waals surface area (Å²) in [5.74, 6) is -12.0. The standard InChI is InChI=1S/C30H49N9O14/c1-3-18(40)12-38(16-24(44)36-21(30(33)53)11-27(49)50)6-4-37(15-23(43)35-20(29(32)52)10-26(47)48)5-7-39(14-22(42)34-2)13-19(41)8-17(28(31)51)9-25(45)46/h17,20-21H,3-16H2,1-2H3,(H2,31,51)(H2,32,52)(H2,33,53)(H,34,42)(H,35,43)(H,36,44)(H,45,46)(H,47,48)(H,49,50). The van der Waals surface area contributed by atoms with Crippen LogP contribution in [0, 0.1) is 5.92 Å². The number of carboxylic acid groups (broad SMARTS) is 3. The van der Waals surface area contributed by atoms with Crippen LogP contribution in [0.3, 0.4) is 0 Å². The van der Waals surface area contributed by atoms with E-state index in [2.05, 4.69) is 16.0 Å². The predicted octanol–water partition coefficient (Wildman–Crippen LogP) is -5.96. The lowest BCUT2D eigenvalue weighted by Crippen LogP contribution is -2.52. The summed E-state index contributed by atoms with van der Waals surface area (Å²) in [6, 6.07) is -3.14. The van der Waals surface area contributed by atoms with E-state index in [0.717, 1.165) is 0 Å². The maximum Gasteiger partial charge on any atom is 0.305 e. The molecule has 0 aliphatic carbocycles. The van der Waals surface area contributed by atoms with E-state index >= 15 is 0 Å². The minimum Gasteiger partial charge on any atom is -0.481 e. The van der Waals surface area contributed by atoms with Crippen LogP contribution in [0.15, 0.2) is 0 Å². The zero-order valence-corrected chi connectivity index (χ0v) is 29.5. The Morgan fingerprint density at radius 1 is 0.509 bits per heavy atom. The zero-order valence-electron chi connectivity index (χ0n) is 29.5. The Bertz CT molecular complexity index is 1300. The number of rotatable bonds is 30. The first-order valence-electron chi connectivity index (χ1n) is 16.2. The molecule has 0 fully saturated rings. The molecule has 0 aromatic rings. The fourth-order valence-electron chi connectivity index (χ4n) is 4.66. The fraction of sp³-hybridized carbons (Fsp3) is 0.633. The normalized spacial score (nSPS) is 12.7. The molecule has 6 amide bonds. The van der Waals surface area contributed by atoms with Crippen molar-refractivity contribution in [3.8, 4) is 0 Å². The van der Waals surface area contributed by atoms with E-state index in [1.807, 2.05) is 0 Å². The summed E-state index contributed by atoms with van der Waals surface area (Å²) in [4.78, 5) is 136. The number of likely N-dealkylation sites (N-methyl/N-ethyl adjacent to an activating group) is 1. The number of hydrogen-bond donors (Lipinski definition) is 9. The average Bonchev–Trinajstić information content (AvgIpc) is 3.03. The van der Waals surface area contributed by atoms with E-state index in [9.17, 15) is 52.7 Å². The summed E-state index contributed by atoms with van der Waals surface area (Å²) in [6.45, 7) is -1.06. The van der Waals surface area contributed by atoms with E-state index in [1.54, 1.807) is 6.92 Å². The highest BCUT2D eigenvalue weighted by Crippen LogP contribution is 2.10. The molecule has 12 N–H and O–H groups in total. The number of Topliss-reactive ketones (excluding diaryl/α,β-unsaturated/α-hetero) is 2. The summed E-state index contributed by atoms with van der Waals surface area (Å²) in [7, 11) is 1.33. The number of nitrogens with two attached hydrogens (primary N) is 3. The predicted molar refractivity (Wildman–Crippen MR) is 180 cm³/mol. The molecule has 298 valence electrons. The lowest BCUT2D eigenvalue weighted by molar-refractivity contribution is -0.141. The van der Waals surface area contributed by atoms with Crippen LogP contribution in [0.2, 0.25) is 0 Å². The molecular weight excluding hydrogens is 710 g/mol. The van der Waals surface area contributed by atoms with Crippen LogP contribution in [-0.4, -0.2) is 173 Å². The number of aliphatic carboxylic acids is 3. The number of ketones is 2.